The lowest BCUT2D eigenvalue weighted by atomic mass is 9.98. The van der Waals surface area contributed by atoms with E-state index in [4.69, 9.17) is 37.6 Å². The Morgan fingerprint density at radius 1 is 0.574 bits per heavy atom. The van der Waals surface area contributed by atoms with Crippen LogP contribution in [0.4, 0.5) is 0 Å². The van der Waals surface area contributed by atoms with Gasteiger partial charge in [-0.05, 0) is 36.4 Å². The van der Waals surface area contributed by atoms with E-state index in [1.54, 1.807) is 0 Å². The van der Waals surface area contributed by atoms with E-state index < -0.39 is 129 Å². The normalized spacial score (nSPS) is 32.8. The highest BCUT2D eigenvalue weighted by Crippen LogP contribution is 2.42. The zero-order chi connectivity index (χ0) is 43.9. The summed E-state index contributed by atoms with van der Waals surface area (Å²) in [6, 6.07) is 12.0. The molecule has 0 radical (unpaired) electrons. The van der Waals surface area contributed by atoms with Gasteiger partial charge in [0.05, 0.1) is 30.4 Å². The lowest BCUT2D eigenvalue weighted by Crippen LogP contribution is -2.63. The van der Waals surface area contributed by atoms with Gasteiger partial charge in [-0.2, -0.15) is 0 Å². The van der Waals surface area contributed by atoms with Gasteiger partial charge in [0.1, 0.15) is 96.4 Å². The van der Waals surface area contributed by atoms with E-state index in [1.165, 1.54) is 36.4 Å². The molecule has 3 saturated heterocycles. The molecule has 4 heterocycles. The van der Waals surface area contributed by atoms with Crippen LogP contribution in [0.1, 0.15) is 10.4 Å². The van der Waals surface area contributed by atoms with Crippen molar-refractivity contribution in [2.24, 2.45) is 0 Å². The van der Waals surface area contributed by atoms with Gasteiger partial charge in [0.2, 0.25) is 12.0 Å². The smallest absolute Gasteiger partial charge is 0.402 e. The summed E-state index contributed by atoms with van der Waals surface area (Å²) in [7, 11) is 0. The highest BCUT2D eigenvalue weighted by molar-refractivity contribution is 5.90. The van der Waals surface area contributed by atoms with Crippen molar-refractivity contribution in [2.75, 3.05) is 19.8 Å². The third-order valence-electron chi connectivity index (χ3n) is 10.3. The van der Waals surface area contributed by atoms with Gasteiger partial charge in [0, 0.05) is 18.2 Å². The second-order valence-electron chi connectivity index (χ2n) is 14.5. The number of aliphatic hydroxyl groups excluding tert-OH is 8. The number of carbonyl (C=O) groups excluding carboxylic acids is 1. The number of rotatable bonds is 12. The van der Waals surface area contributed by atoms with Crippen molar-refractivity contribution in [2.45, 2.75) is 86.0 Å². The van der Waals surface area contributed by atoms with E-state index in [1.807, 2.05) is 0 Å². The highest BCUT2D eigenvalue weighted by Gasteiger charge is 2.51. The van der Waals surface area contributed by atoms with Gasteiger partial charge in [-0.1, -0.05) is 0 Å². The molecule has 22 heteroatoms. The van der Waals surface area contributed by atoms with Crippen molar-refractivity contribution < 1.29 is 109 Å². The van der Waals surface area contributed by atoms with Crippen LogP contribution in [0.2, 0.25) is 0 Å². The quantitative estimate of drug-likeness (QED) is 0.0426. The van der Waals surface area contributed by atoms with Gasteiger partial charge in [-0.25, -0.2) is 9.21 Å². The van der Waals surface area contributed by atoms with Crippen LogP contribution in [0.5, 0.6) is 34.5 Å². The fraction of sp³-hybridized carbons (Fsp3) is 0.436. The monoisotopic (exact) mass is 863 g/mol. The molecule has 330 valence electrons. The summed E-state index contributed by atoms with van der Waals surface area (Å²) in [5.41, 5.74) is 0.0333. The Labute approximate surface area is 343 Å². The summed E-state index contributed by atoms with van der Waals surface area (Å²) in [5.74, 6) is -3.38. The highest BCUT2D eigenvalue weighted by atomic mass is 16.7. The zero-order valence-electron chi connectivity index (χ0n) is 31.5. The largest absolute Gasteiger partial charge is 0.508 e. The molecule has 7 rings (SSSR count). The molecule has 0 spiro atoms. The van der Waals surface area contributed by atoms with E-state index in [0.29, 0.717) is 0 Å². The molecule has 1 unspecified atom stereocenters. The minimum absolute atomic E-state index is 0.0220. The lowest BCUT2D eigenvalue weighted by Gasteiger charge is -2.43. The number of hydrogen-bond donors (Lipinski definition) is 13. The zero-order valence-corrected chi connectivity index (χ0v) is 31.5. The van der Waals surface area contributed by atoms with E-state index in [2.05, 4.69) is 0 Å². The Balaban J connectivity index is 1.14. The summed E-state index contributed by atoms with van der Waals surface area (Å²) in [4.78, 5) is 12.5. The van der Waals surface area contributed by atoms with Gasteiger partial charge in [-0.3, -0.25) is 0 Å². The number of hydrogen-bond acceptors (Lipinski definition) is 21. The first-order valence-corrected chi connectivity index (χ1v) is 18.6. The van der Waals surface area contributed by atoms with Crippen LogP contribution in [0.3, 0.4) is 0 Å². The number of phenolic OH excluding ortho intramolecular Hbond substituents is 5. The summed E-state index contributed by atoms with van der Waals surface area (Å²) in [5, 5.41) is 136. The first-order valence-electron chi connectivity index (χ1n) is 18.6. The third kappa shape index (κ3) is 9.22. The molecular weight excluding hydrogens is 820 g/mol. The number of ether oxygens (including phenoxy) is 7. The first-order chi connectivity index (χ1) is 29.0. The Hall–Kier alpha value is -5.18. The average Bonchev–Trinajstić information content (AvgIpc) is 3.47. The lowest BCUT2D eigenvalue weighted by molar-refractivity contribution is -0.326. The second kappa shape index (κ2) is 18.0. The number of aromatic hydroxyl groups is 5. The van der Waals surface area contributed by atoms with Crippen molar-refractivity contribution in [3.05, 3.63) is 66.2 Å². The average molecular weight is 864 g/mol. The minimum Gasteiger partial charge on any atom is -0.508 e. The summed E-state index contributed by atoms with van der Waals surface area (Å²) in [6.07, 6.45) is -24.2. The fourth-order valence-electron chi connectivity index (χ4n) is 6.87. The molecule has 61 heavy (non-hydrogen) atoms. The van der Waals surface area contributed by atoms with Crippen LogP contribution in [-0.2, 0) is 28.4 Å². The van der Waals surface area contributed by atoms with Gasteiger partial charge in [0.25, 0.3) is 0 Å². The first kappa shape index (κ1) is 43.9. The van der Waals surface area contributed by atoms with Gasteiger partial charge < -0.3 is 99.5 Å². The summed E-state index contributed by atoms with van der Waals surface area (Å²) < 4.78 is 45.7. The van der Waals surface area contributed by atoms with Crippen LogP contribution >= 0.6 is 0 Å². The minimum atomic E-state index is -1.94. The maximum absolute atomic E-state index is 12.5. The van der Waals surface area contributed by atoms with Crippen LogP contribution in [-0.4, -0.2) is 178 Å². The van der Waals surface area contributed by atoms with Crippen molar-refractivity contribution in [1.29, 1.82) is 0 Å². The molecule has 3 aliphatic heterocycles. The molecule has 22 nitrogen and oxygen atoms in total. The molecular formula is C39H43O22+. The molecule has 3 fully saturated rings. The maximum atomic E-state index is 12.5. The molecule has 4 aromatic rings. The second-order valence-corrected chi connectivity index (χ2v) is 14.5. The Morgan fingerprint density at radius 2 is 1.21 bits per heavy atom. The molecule has 14 atom stereocenters. The van der Waals surface area contributed by atoms with Crippen molar-refractivity contribution in [1.82, 2.24) is 0 Å². The van der Waals surface area contributed by atoms with E-state index >= 15 is 0 Å². The standard InChI is InChI=1S/C39H42O22/c40-16-4-1-14(2-5-16)36(52)55-12-25-27(45)30(48)33(51)38(60-25)56-13-26-28(46)31(49)35(54-11-24-29(47)32(50)37(53)58-24)39(61-26)59-23-10-18-20(43)8-17(41)9-22(18)57-34(23)15-3-6-19(42)21(44)7-15/h1-10,24-33,35,37-39,45-51,53H,11-13H2,(H4-,40,41,42,43,44,52)/p+1/t24?,25-,26-,27-,28+,29+,30+,31+,32-,33-,35-,37-,38-,39-/m1/s1. The molecule has 1 aromatic heterocycles. The molecule has 13 N–H and O–H groups in total. The van der Waals surface area contributed by atoms with E-state index in [-0.39, 0.29) is 45.1 Å². The maximum Gasteiger partial charge on any atom is 0.402 e. The van der Waals surface area contributed by atoms with E-state index in [0.717, 1.165) is 24.3 Å². The fourth-order valence-corrected chi connectivity index (χ4v) is 6.87. The predicted molar refractivity (Wildman–Crippen MR) is 198 cm³/mol. The molecule has 0 saturated carbocycles. The van der Waals surface area contributed by atoms with E-state index in [9.17, 15) is 71.2 Å². The van der Waals surface area contributed by atoms with Crippen LogP contribution in [0.15, 0.2) is 65.1 Å². The third-order valence-corrected chi connectivity index (χ3v) is 10.3. The predicted octanol–water partition coefficient (Wildman–Crippen LogP) is -1.76. The number of benzene rings is 3. The van der Waals surface area contributed by atoms with Crippen molar-refractivity contribution in [3.63, 3.8) is 0 Å². The molecule has 3 aromatic carbocycles. The Kier molecular flexibility index (Phi) is 13.0. The number of esters is 1. The number of phenols is 5. The van der Waals surface area contributed by atoms with Crippen LogP contribution in [0.25, 0.3) is 22.3 Å². The summed E-state index contributed by atoms with van der Waals surface area (Å²) >= 11 is 0. The number of fused-ring (bicyclic) bond motifs is 1. The van der Waals surface area contributed by atoms with Gasteiger partial charge in [0.15, 0.2) is 24.1 Å². The summed E-state index contributed by atoms with van der Waals surface area (Å²) in [6.45, 7) is -2.00. The van der Waals surface area contributed by atoms with Crippen LogP contribution < -0.4 is 4.74 Å². The van der Waals surface area contributed by atoms with Crippen LogP contribution in [0, 0.1) is 0 Å². The van der Waals surface area contributed by atoms with Crippen molar-refractivity contribution >= 4 is 16.9 Å². The SMILES string of the molecule is O=C(OC[C@H]1O[C@@H](OC[C@H]2O[C@@H](Oc3cc4c(O)cc(O)cc4[o+]c3-c3ccc(O)c(O)c3)[C@H](OCC3O[C@@H](O)[C@H](O)[C@H]3O)[C@@H](O)[C@H]2O)[C@H](O)[C@@H](O)[C@@H]1O)c1ccc(O)cc1. The molecule has 0 amide bonds. The van der Waals surface area contributed by atoms with Gasteiger partial charge >= 0.3 is 17.3 Å². The molecule has 3 aliphatic rings. The molecule has 0 bridgehead atoms. The number of aliphatic hydroxyl groups is 8. The topological polar surface area (TPSA) is 356 Å². The number of carbonyl (C=O) groups is 1. The van der Waals surface area contributed by atoms with Gasteiger partial charge in [-0.15, -0.1) is 0 Å². The van der Waals surface area contributed by atoms with Crippen molar-refractivity contribution in [3.8, 4) is 45.8 Å². The Bertz CT molecular complexity index is 2170. The molecule has 0 aliphatic carbocycles. The Morgan fingerprint density at radius 3 is 1.90 bits per heavy atom.